The van der Waals surface area contributed by atoms with Crippen LogP contribution in [-0.2, 0) is 11.2 Å². The van der Waals surface area contributed by atoms with Crippen molar-refractivity contribution in [3.8, 4) is 0 Å². The fraction of sp³-hybridized carbons (Fsp3) is 0.714. The predicted octanol–water partition coefficient (Wildman–Crippen LogP) is 1.45. The number of nitrogens with two attached hydrogens (primary N) is 1. The molecule has 0 spiro atoms. The molecule has 3 atom stereocenters. The summed E-state index contributed by atoms with van der Waals surface area (Å²) >= 11 is 0. The molecule has 3 unspecified atom stereocenters. The number of nitrogens with zero attached hydrogens (tertiary/aromatic N) is 2. The third-order valence-corrected chi connectivity index (χ3v) is 4.77. The van der Waals surface area contributed by atoms with Crippen LogP contribution in [0.2, 0.25) is 0 Å². The van der Waals surface area contributed by atoms with E-state index < -0.39 is 0 Å². The van der Waals surface area contributed by atoms with Gasteiger partial charge >= 0.3 is 0 Å². The molecule has 1 saturated heterocycles. The van der Waals surface area contributed by atoms with Crippen molar-refractivity contribution in [3.05, 3.63) is 17.0 Å². The van der Waals surface area contributed by atoms with Crippen LogP contribution in [0.1, 0.15) is 29.9 Å². The Morgan fingerprint density at radius 1 is 1.40 bits per heavy atom. The quantitative estimate of drug-likeness (QED) is 0.897. The second kappa shape index (κ2) is 5.74. The van der Waals surface area contributed by atoms with Gasteiger partial charge in [-0.15, -0.1) is 12.4 Å². The van der Waals surface area contributed by atoms with Gasteiger partial charge in [-0.1, -0.05) is 5.16 Å². The molecule has 0 radical (unpaired) electrons. The molecule has 1 amide bonds. The third-order valence-electron chi connectivity index (χ3n) is 4.77. The molecule has 2 fully saturated rings. The second-order valence-electron chi connectivity index (χ2n) is 5.94. The molecule has 20 heavy (non-hydrogen) atoms. The number of rotatable bonds is 2. The van der Waals surface area contributed by atoms with E-state index in [2.05, 4.69) is 5.16 Å². The highest BCUT2D eigenvalue weighted by Crippen LogP contribution is 2.37. The number of aromatic nitrogens is 1. The molecule has 0 bridgehead atoms. The second-order valence-corrected chi connectivity index (χ2v) is 5.94. The van der Waals surface area contributed by atoms with Gasteiger partial charge in [0.2, 0.25) is 5.91 Å². The van der Waals surface area contributed by atoms with E-state index in [0.29, 0.717) is 18.3 Å². The van der Waals surface area contributed by atoms with Crippen molar-refractivity contribution in [1.82, 2.24) is 10.1 Å². The van der Waals surface area contributed by atoms with Crippen molar-refractivity contribution in [2.75, 3.05) is 13.1 Å². The van der Waals surface area contributed by atoms with Crippen LogP contribution in [0, 0.1) is 25.7 Å². The number of likely N-dealkylation sites (tertiary alicyclic amines) is 1. The van der Waals surface area contributed by atoms with Gasteiger partial charge in [0, 0.05) is 24.7 Å². The van der Waals surface area contributed by atoms with Gasteiger partial charge in [0.1, 0.15) is 5.76 Å². The molecular formula is C14H22ClN3O2. The first-order valence-corrected chi connectivity index (χ1v) is 7.01. The molecule has 3 rings (SSSR count). The molecule has 1 aliphatic carbocycles. The van der Waals surface area contributed by atoms with Gasteiger partial charge in [-0.2, -0.15) is 0 Å². The highest BCUT2D eigenvalue weighted by Gasteiger charge is 2.42. The zero-order valence-corrected chi connectivity index (χ0v) is 12.8. The van der Waals surface area contributed by atoms with Gasteiger partial charge in [0.25, 0.3) is 0 Å². The third kappa shape index (κ3) is 2.56. The molecule has 112 valence electrons. The van der Waals surface area contributed by atoms with Crippen LogP contribution >= 0.6 is 12.4 Å². The van der Waals surface area contributed by atoms with E-state index in [1.807, 2.05) is 18.7 Å². The maximum Gasteiger partial charge on any atom is 0.227 e. The minimum atomic E-state index is 0. The SMILES string of the molecule is Cc1noc(C)c1CC(=O)N1CC2CCC(N)C2C1.Cl. The van der Waals surface area contributed by atoms with Gasteiger partial charge < -0.3 is 15.2 Å². The van der Waals surface area contributed by atoms with E-state index in [4.69, 9.17) is 10.3 Å². The van der Waals surface area contributed by atoms with Crippen LogP contribution < -0.4 is 5.73 Å². The van der Waals surface area contributed by atoms with E-state index in [9.17, 15) is 4.79 Å². The largest absolute Gasteiger partial charge is 0.361 e. The van der Waals surface area contributed by atoms with Crippen LogP contribution in [-0.4, -0.2) is 35.1 Å². The lowest BCUT2D eigenvalue weighted by Gasteiger charge is -2.18. The van der Waals surface area contributed by atoms with E-state index >= 15 is 0 Å². The lowest BCUT2D eigenvalue weighted by atomic mass is 9.98. The van der Waals surface area contributed by atoms with Crippen molar-refractivity contribution >= 4 is 18.3 Å². The molecule has 5 nitrogen and oxygen atoms in total. The summed E-state index contributed by atoms with van der Waals surface area (Å²) in [5.41, 5.74) is 7.86. The van der Waals surface area contributed by atoms with Crippen LogP contribution in [0.4, 0.5) is 0 Å². The Morgan fingerprint density at radius 3 is 2.75 bits per heavy atom. The molecular weight excluding hydrogens is 278 g/mol. The van der Waals surface area contributed by atoms with E-state index in [0.717, 1.165) is 36.5 Å². The Labute approximate surface area is 125 Å². The fourth-order valence-electron chi connectivity index (χ4n) is 3.53. The number of carbonyl (C=O) groups is 1. The standard InChI is InChI=1S/C14H21N3O2.ClH/c1-8-11(9(2)19-16-8)5-14(18)17-6-10-3-4-13(15)12(10)7-17;/h10,12-13H,3-7,15H2,1-2H3;1H. The Morgan fingerprint density at radius 2 is 2.15 bits per heavy atom. The molecule has 0 aromatic carbocycles. The molecule has 6 heteroatoms. The summed E-state index contributed by atoms with van der Waals surface area (Å²) in [7, 11) is 0. The van der Waals surface area contributed by atoms with Crippen LogP contribution in [0.15, 0.2) is 4.52 Å². The monoisotopic (exact) mass is 299 g/mol. The number of amides is 1. The van der Waals surface area contributed by atoms with Crippen LogP contribution in [0.5, 0.6) is 0 Å². The van der Waals surface area contributed by atoms with Crippen LogP contribution in [0.3, 0.4) is 0 Å². The van der Waals surface area contributed by atoms with Gasteiger partial charge in [0.05, 0.1) is 12.1 Å². The average Bonchev–Trinajstić information content (AvgIpc) is 3.02. The summed E-state index contributed by atoms with van der Waals surface area (Å²) < 4.78 is 5.11. The Hall–Kier alpha value is -1.07. The minimum absolute atomic E-state index is 0. The summed E-state index contributed by atoms with van der Waals surface area (Å²) in [5, 5.41) is 3.90. The minimum Gasteiger partial charge on any atom is -0.361 e. The molecule has 1 aromatic rings. The Kier molecular flexibility index (Phi) is 4.39. The topological polar surface area (TPSA) is 72.4 Å². The highest BCUT2D eigenvalue weighted by atomic mass is 35.5. The smallest absolute Gasteiger partial charge is 0.227 e. The van der Waals surface area contributed by atoms with Crippen molar-refractivity contribution in [2.24, 2.45) is 17.6 Å². The van der Waals surface area contributed by atoms with Gasteiger partial charge in [-0.05, 0) is 38.5 Å². The molecule has 1 aliphatic heterocycles. The van der Waals surface area contributed by atoms with Gasteiger partial charge in [-0.3, -0.25) is 4.79 Å². The summed E-state index contributed by atoms with van der Waals surface area (Å²) in [6.07, 6.45) is 2.68. The first kappa shape index (κ1) is 15.3. The number of carbonyl (C=O) groups excluding carboxylic acids is 1. The van der Waals surface area contributed by atoms with Crippen molar-refractivity contribution in [3.63, 3.8) is 0 Å². The highest BCUT2D eigenvalue weighted by molar-refractivity contribution is 5.85. The summed E-state index contributed by atoms with van der Waals surface area (Å²) in [6.45, 7) is 5.44. The molecule has 1 saturated carbocycles. The molecule has 1 aromatic heterocycles. The molecule has 2 aliphatic rings. The van der Waals surface area contributed by atoms with Crippen molar-refractivity contribution < 1.29 is 9.32 Å². The molecule has 2 N–H and O–H groups in total. The number of aryl methyl sites for hydroxylation is 2. The number of hydrogen-bond acceptors (Lipinski definition) is 4. The van der Waals surface area contributed by atoms with E-state index in [1.165, 1.54) is 6.42 Å². The first-order chi connectivity index (χ1) is 9.06. The van der Waals surface area contributed by atoms with Gasteiger partial charge in [0.15, 0.2) is 0 Å². The number of fused-ring (bicyclic) bond motifs is 1. The fourth-order valence-corrected chi connectivity index (χ4v) is 3.53. The van der Waals surface area contributed by atoms with E-state index in [-0.39, 0.29) is 24.4 Å². The number of halogens is 1. The Balaban J connectivity index is 0.00000147. The van der Waals surface area contributed by atoms with Gasteiger partial charge in [-0.25, -0.2) is 0 Å². The van der Waals surface area contributed by atoms with Crippen molar-refractivity contribution in [1.29, 1.82) is 0 Å². The first-order valence-electron chi connectivity index (χ1n) is 7.01. The number of hydrogen-bond donors (Lipinski definition) is 1. The Bertz CT molecular complexity index is 483. The lowest BCUT2D eigenvalue weighted by molar-refractivity contribution is -0.129. The van der Waals surface area contributed by atoms with Crippen LogP contribution in [0.25, 0.3) is 0 Å². The summed E-state index contributed by atoms with van der Waals surface area (Å²) in [6, 6.07) is 0.280. The zero-order chi connectivity index (χ0) is 13.6. The maximum atomic E-state index is 12.4. The lowest BCUT2D eigenvalue weighted by Crippen LogP contribution is -2.34. The normalized spacial score (nSPS) is 28.4. The zero-order valence-electron chi connectivity index (χ0n) is 12.0. The predicted molar refractivity (Wildman–Crippen MR) is 77.7 cm³/mol. The van der Waals surface area contributed by atoms with Crippen molar-refractivity contribution in [2.45, 2.75) is 39.2 Å². The maximum absolute atomic E-state index is 12.4. The summed E-state index contributed by atoms with van der Waals surface area (Å²) in [4.78, 5) is 14.3. The summed E-state index contributed by atoms with van der Waals surface area (Å²) in [5.74, 6) is 2.05. The molecule has 2 heterocycles. The average molecular weight is 300 g/mol. The van der Waals surface area contributed by atoms with E-state index in [1.54, 1.807) is 0 Å².